The second kappa shape index (κ2) is 9.01. The molecule has 1 heterocycles. The molecule has 0 aromatic heterocycles. The van der Waals surface area contributed by atoms with Crippen molar-refractivity contribution in [2.75, 3.05) is 19.6 Å². The molecular formula is C15H22N4. The lowest BCUT2D eigenvalue weighted by molar-refractivity contribution is 0.207. The van der Waals surface area contributed by atoms with Crippen LogP contribution in [0.1, 0.15) is 13.3 Å². The monoisotopic (exact) mass is 258 g/mol. The fourth-order valence-electron chi connectivity index (χ4n) is 2.03. The van der Waals surface area contributed by atoms with Crippen LogP contribution in [0, 0.1) is 12.3 Å². The number of hydrogen-bond acceptors (Lipinski definition) is 4. The summed E-state index contributed by atoms with van der Waals surface area (Å²) in [5.41, 5.74) is 0. The number of piperazine rings is 1. The average molecular weight is 258 g/mol. The van der Waals surface area contributed by atoms with Gasteiger partial charge in [-0.2, -0.15) is 0 Å². The van der Waals surface area contributed by atoms with E-state index in [2.05, 4.69) is 33.0 Å². The molecule has 0 spiro atoms. The molecule has 19 heavy (non-hydrogen) atoms. The quantitative estimate of drug-likeness (QED) is 0.560. The SMILES string of the molecule is C#C/C=C\CC1CNCCN1/C(=C/NC=C)N=CC. The highest BCUT2D eigenvalue weighted by Gasteiger charge is 2.22. The minimum Gasteiger partial charge on any atom is -0.365 e. The molecule has 0 bridgehead atoms. The molecule has 0 aliphatic carbocycles. The number of terminal acetylenes is 1. The highest BCUT2D eigenvalue weighted by atomic mass is 15.3. The third-order valence-corrected chi connectivity index (χ3v) is 2.86. The topological polar surface area (TPSA) is 39.7 Å². The zero-order valence-corrected chi connectivity index (χ0v) is 11.5. The Labute approximate surface area is 116 Å². The van der Waals surface area contributed by atoms with Crippen LogP contribution in [0.5, 0.6) is 0 Å². The molecule has 2 N–H and O–H groups in total. The summed E-state index contributed by atoms with van der Waals surface area (Å²) in [6, 6.07) is 0.361. The fourth-order valence-corrected chi connectivity index (χ4v) is 2.03. The van der Waals surface area contributed by atoms with Crippen LogP contribution in [0.2, 0.25) is 0 Å². The number of hydrogen-bond donors (Lipinski definition) is 2. The van der Waals surface area contributed by atoms with Gasteiger partial charge < -0.3 is 15.5 Å². The number of rotatable bonds is 6. The van der Waals surface area contributed by atoms with Crippen LogP contribution in [0.3, 0.4) is 0 Å². The van der Waals surface area contributed by atoms with Crippen LogP contribution in [-0.2, 0) is 0 Å². The van der Waals surface area contributed by atoms with E-state index in [1.165, 1.54) is 0 Å². The number of aliphatic imine (C=N–C) groups is 1. The zero-order valence-electron chi connectivity index (χ0n) is 11.5. The summed E-state index contributed by atoms with van der Waals surface area (Å²) in [5.74, 6) is 3.44. The molecule has 0 aromatic rings. The molecule has 0 amide bonds. The summed E-state index contributed by atoms with van der Waals surface area (Å²) >= 11 is 0. The Morgan fingerprint density at radius 2 is 2.53 bits per heavy atom. The van der Waals surface area contributed by atoms with E-state index in [0.29, 0.717) is 6.04 Å². The predicted molar refractivity (Wildman–Crippen MR) is 81.5 cm³/mol. The van der Waals surface area contributed by atoms with E-state index in [1.54, 1.807) is 18.5 Å². The van der Waals surface area contributed by atoms with Gasteiger partial charge in [0.1, 0.15) is 5.82 Å². The van der Waals surface area contributed by atoms with Crippen molar-refractivity contribution in [3.05, 3.63) is 37.0 Å². The third kappa shape index (κ3) is 5.02. The number of allylic oxidation sites excluding steroid dienone is 1. The molecule has 1 unspecified atom stereocenters. The molecule has 0 saturated carbocycles. The van der Waals surface area contributed by atoms with E-state index < -0.39 is 0 Å². The molecule has 1 fully saturated rings. The average Bonchev–Trinajstić information content (AvgIpc) is 2.44. The minimum absolute atomic E-state index is 0.361. The first-order chi connectivity index (χ1) is 9.33. The van der Waals surface area contributed by atoms with Gasteiger partial charge in [0.15, 0.2) is 0 Å². The molecule has 0 aromatic carbocycles. The Kier molecular flexibility index (Phi) is 7.14. The lowest BCUT2D eigenvalue weighted by atomic mass is 10.1. The van der Waals surface area contributed by atoms with Crippen LogP contribution in [0.15, 0.2) is 41.9 Å². The van der Waals surface area contributed by atoms with E-state index in [1.807, 2.05) is 19.2 Å². The second-order valence-corrected chi connectivity index (χ2v) is 4.12. The predicted octanol–water partition coefficient (Wildman–Crippen LogP) is 1.46. The lowest BCUT2D eigenvalue weighted by Gasteiger charge is -2.37. The molecule has 1 aliphatic rings. The van der Waals surface area contributed by atoms with Crippen LogP contribution in [0.4, 0.5) is 0 Å². The molecule has 4 nitrogen and oxygen atoms in total. The Hall–Kier alpha value is -1.99. The van der Waals surface area contributed by atoms with Crippen molar-refractivity contribution in [1.29, 1.82) is 0 Å². The van der Waals surface area contributed by atoms with Crippen LogP contribution < -0.4 is 10.6 Å². The standard InChI is InChI=1S/C15H22N4/c1-4-7-8-9-14-12-17-10-11-19(14)15(18-6-3)13-16-5-2/h1,5-8,13-14,16-17H,2,9-12H2,3H3/b8-7-,15-13+,18-6?. The summed E-state index contributed by atoms with van der Waals surface area (Å²) in [6.45, 7) is 8.38. The molecule has 1 aliphatic heterocycles. The highest BCUT2D eigenvalue weighted by molar-refractivity contribution is 5.55. The van der Waals surface area contributed by atoms with Gasteiger partial charge in [0.25, 0.3) is 0 Å². The molecule has 0 radical (unpaired) electrons. The maximum atomic E-state index is 5.23. The minimum atomic E-state index is 0.361. The Balaban J connectivity index is 2.80. The van der Waals surface area contributed by atoms with Crippen molar-refractivity contribution in [1.82, 2.24) is 15.5 Å². The van der Waals surface area contributed by atoms with Gasteiger partial charge in [0.05, 0.1) is 0 Å². The van der Waals surface area contributed by atoms with E-state index in [9.17, 15) is 0 Å². The van der Waals surface area contributed by atoms with Gasteiger partial charge in [-0.15, -0.1) is 6.42 Å². The van der Waals surface area contributed by atoms with Crippen molar-refractivity contribution in [2.24, 2.45) is 4.99 Å². The number of nitrogens with zero attached hydrogens (tertiary/aromatic N) is 2. The van der Waals surface area contributed by atoms with Gasteiger partial charge in [-0.3, -0.25) is 0 Å². The Morgan fingerprint density at radius 3 is 3.21 bits per heavy atom. The van der Waals surface area contributed by atoms with Gasteiger partial charge in [-0.1, -0.05) is 18.6 Å². The summed E-state index contributed by atoms with van der Waals surface area (Å²) in [4.78, 5) is 6.71. The van der Waals surface area contributed by atoms with Gasteiger partial charge in [-0.25, -0.2) is 4.99 Å². The molecule has 1 atom stereocenters. The van der Waals surface area contributed by atoms with Crippen LogP contribution >= 0.6 is 0 Å². The normalized spacial score (nSPS) is 20.7. The van der Waals surface area contributed by atoms with E-state index >= 15 is 0 Å². The Bertz CT molecular complexity index is 401. The second-order valence-electron chi connectivity index (χ2n) is 4.12. The molecule has 4 heteroatoms. The fraction of sp³-hybridized carbons (Fsp3) is 0.400. The summed E-state index contributed by atoms with van der Waals surface area (Å²) in [5, 5.41) is 6.39. The molecule has 102 valence electrons. The maximum absolute atomic E-state index is 5.23. The zero-order chi connectivity index (χ0) is 13.9. The third-order valence-electron chi connectivity index (χ3n) is 2.86. The van der Waals surface area contributed by atoms with Crippen molar-refractivity contribution >= 4 is 6.21 Å². The molecular weight excluding hydrogens is 236 g/mol. The summed E-state index contributed by atoms with van der Waals surface area (Å²) in [7, 11) is 0. The largest absolute Gasteiger partial charge is 0.365 e. The van der Waals surface area contributed by atoms with E-state index in [-0.39, 0.29) is 0 Å². The van der Waals surface area contributed by atoms with E-state index in [0.717, 1.165) is 31.9 Å². The highest BCUT2D eigenvalue weighted by Crippen LogP contribution is 2.15. The van der Waals surface area contributed by atoms with Crippen LogP contribution in [-0.4, -0.2) is 36.8 Å². The first kappa shape index (κ1) is 15.1. The Morgan fingerprint density at radius 1 is 1.68 bits per heavy atom. The molecule has 1 saturated heterocycles. The smallest absolute Gasteiger partial charge is 0.144 e. The van der Waals surface area contributed by atoms with Crippen molar-refractivity contribution in [3.63, 3.8) is 0 Å². The first-order valence-electron chi connectivity index (χ1n) is 6.47. The number of nitrogens with one attached hydrogen (secondary N) is 2. The lowest BCUT2D eigenvalue weighted by Crippen LogP contribution is -2.50. The van der Waals surface area contributed by atoms with Gasteiger partial charge >= 0.3 is 0 Å². The maximum Gasteiger partial charge on any atom is 0.144 e. The van der Waals surface area contributed by atoms with E-state index in [4.69, 9.17) is 6.42 Å². The van der Waals surface area contributed by atoms with Gasteiger partial charge in [0.2, 0.25) is 0 Å². The van der Waals surface area contributed by atoms with Crippen molar-refractivity contribution < 1.29 is 0 Å². The van der Waals surface area contributed by atoms with Crippen LogP contribution in [0.25, 0.3) is 0 Å². The van der Waals surface area contributed by atoms with Gasteiger partial charge in [0, 0.05) is 38.1 Å². The first-order valence-corrected chi connectivity index (χ1v) is 6.47. The van der Waals surface area contributed by atoms with Crippen molar-refractivity contribution in [3.8, 4) is 12.3 Å². The summed E-state index contributed by atoms with van der Waals surface area (Å²) in [6.07, 6.45) is 15.2. The van der Waals surface area contributed by atoms with Gasteiger partial charge in [-0.05, 0) is 25.6 Å². The summed E-state index contributed by atoms with van der Waals surface area (Å²) < 4.78 is 0. The molecule has 1 rings (SSSR count). The van der Waals surface area contributed by atoms with Crippen molar-refractivity contribution in [2.45, 2.75) is 19.4 Å².